The quantitative estimate of drug-likeness (QED) is 0.116. The summed E-state index contributed by atoms with van der Waals surface area (Å²) in [6.45, 7) is 4.01. The van der Waals surface area contributed by atoms with Crippen molar-refractivity contribution < 1.29 is 13.8 Å². The number of nitriles is 1. The van der Waals surface area contributed by atoms with Crippen molar-refractivity contribution in [2.75, 3.05) is 0 Å². The molecule has 0 amide bonds. The lowest BCUT2D eigenvalue weighted by Crippen LogP contribution is -1.91. The van der Waals surface area contributed by atoms with E-state index in [0.717, 1.165) is 22.3 Å². The van der Waals surface area contributed by atoms with E-state index in [1.807, 2.05) is 62.4 Å². The molecule has 2 heterocycles. The van der Waals surface area contributed by atoms with Crippen LogP contribution >= 0.6 is 15.9 Å². The molecule has 38 heavy (non-hydrogen) atoms. The van der Waals surface area contributed by atoms with Crippen molar-refractivity contribution in [1.29, 1.82) is 5.26 Å². The third-order valence-corrected chi connectivity index (χ3v) is 6.51. The van der Waals surface area contributed by atoms with Gasteiger partial charge in [-0.1, -0.05) is 75.6 Å². The third-order valence-electron chi connectivity index (χ3n) is 6.01. The van der Waals surface area contributed by atoms with Crippen molar-refractivity contribution in [2.45, 2.75) is 13.8 Å². The van der Waals surface area contributed by atoms with Crippen molar-refractivity contribution in [2.24, 2.45) is 4.99 Å². The molecule has 0 aliphatic heterocycles. The van der Waals surface area contributed by atoms with Crippen molar-refractivity contribution in [3.8, 4) is 39.8 Å². The Morgan fingerprint density at radius 3 is 2.21 bits per heavy atom. The largest absolute Gasteiger partial charge is 0.455 e. The molecule has 7 nitrogen and oxygen atoms in total. The summed E-state index contributed by atoms with van der Waals surface area (Å²) in [6.07, 6.45) is 1.44. The number of nitro benzene ring substituents is 1. The van der Waals surface area contributed by atoms with Gasteiger partial charge in [-0.3, -0.25) is 10.1 Å². The lowest BCUT2D eigenvalue weighted by molar-refractivity contribution is -0.384. The average molecular weight is 566 g/mol. The van der Waals surface area contributed by atoms with Crippen LogP contribution in [0, 0.1) is 35.3 Å². The van der Waals surface area contributed by atoms with Crippen LogP contribution in [-0.2, 0) is 0 Å². The standard InChI is InChI=1S/C30H20BrN3O4/c1-18-3-7-20(8-4-18)28-25(16-32)30(38-29(28)21-9-5-19(2)6-10-21)33-17-23-12-14-27(37-23)24-13-11-22(31)15-26(24)34(35)36/h3-15,17H,1-2H3. The topological polar surface area (TPSA) is 106 Å². The molecule has 0 saturated heterocycles. The molecule has 0 saturated carbocycles. The number of aryl methyl sites for hydroxylation is 2. The van der Waals surface area contributed by atoms with Crippen LogP contribution in [0.5, 0.6) is 0 Å². The van der Waals surface area contributed by atoms with E-state index in [2.05, 4.69) is 27.0 Å². The summed E-state index contributed by atoms with van der Waals surface area (Å²) < 4.78 is 12.6. The number of rotatable bonds is 6. The van der Waals surface area contributed by atoms with Gasteiger partial charge < -0.3 is 8.83 Å². The third kappa shape index (κ3) is 4.92. The van der Waals surface area contributed by atoms with Crippen LogP contribution in [0.2, 0.25) is 0 Å². The fraction of sp³-hybridized carbons (Fsp3) is 0.0667. The molecule has 3 aromatic carbocycles. The minimum absolute atomic E-state index is 0.0829. The van der Waals surface area contributed by atoms with Crippen LogP contribution in [0.15, 0.2) is 97.2 Å². The van der Waals surface area contributed by atoms with Gasteiger partial charge in [-0.2, -0.15) is 5.26 Å². The molecule has 0 aliphatic rings. The second-order valence-electron chi connectivity index (χ2n) is 8.71. The van der Waals surface area contributed by atoms with Crippen LogP contribution < -0.4 is 0 Å². The van der Waals surface area contributed by atoms with Gasteiger partial charge in [0.2, 0.25) is 5.88 Å². The number of nitro groups is 1. The van der Waals surface area contributed by atoms with Gasteiger partial charge >= 0.3 is 0 Å². The second-order valence-corrected chi connectivity index (χ2v) is 9.62. The summed E-state index contributed by atoms with van der Waals surface area (Å²) in [4.78, 5) is 15.5. The molecular weight excluding hydrogens is 546 g/mol. The molecule has 0 unspecified atom stereocenters. The fourth-order valence-electron chi connectivity index (χ4n) is 4.07. The summed E-state index contributed by atoms with van der Waals surface area (Å²) >= 11 is 3.26. The Morgan fingerprint density at radius 2 is 1.58 bits per heavy atom. The SMILES string of the molecule is Cc1ccc(-c2oc(N=Cc3ccc(-c4ccc(Br)cc4[N+](=O)[O-])o3)c(C#N)c2-c2ccc(C)cc2)cc1. The van der Waals surface area contributed by atoms with Crippen LogP contribution in [0.1, 0.15) is 22.5 Å². The highest BCUT2D eigenvalue weighted by atomic mass is 79.9. The number of halogens is 1. The smallest absolute Gasteiger partial charge is 0.281 e. The summed E-state index contributed by atoms with van der Waals surface area (Å²) in [5.41, 5.74) is 5.10. The van der Waals surface area contributed by atoms with Crippen LogP contribution in [0.25, 0.3) is 33.8 Å². The van der Waals surface area contributed by atoms with Crippen LogP contribution in [0.4, 0.5) is 11.6 Å². The van der Waals surface area contributed by atoms with Gasteiger partial charge in [0.25, 0.3) is 5.69 Å². The summed E-state index contributed by atoms with van der Waals surface area (Å²) in [5.74, 6) is 1.37. The Kier molecular flexibility index (Phi) is 6.77. The fourth-order valence-corrected chi connectivity index (χ4v) is 4.42. The number of aliphatic imine (C=N–C) groups is 1. The number of benzene rings is 3. The van der Waals surface area contributed by atoms with Gasteiger partial charge in [-0.05, 0) is 43.7 Å². The molecule has 5 rings (SSSR count). The van der Waals surface area contributed by atoms with Crippen molar-refractivity contribution in [3.63, 3.8) is 0 Å². The number of hydrogen-bond donors (Lipinski definition) is 0. The van der Waals surface area contributed by atoms with Crippen molar-refractivity contribution in [1.82, 2.24) is 0 Å². The highest BCUT2D eigenvalue weighted by molar-refractivity contribution is 9.10. The second kappa shape index (κ2) is 10.3. The van der Waals surface area contributed by atoms with Gasteiger partial charge in [0.05, 0.1) is 16.7 Å². The molecule has 0 N–H and O–H groups in total. The lowest BCUT2D eigenvalue weighted by Gasteiger charge is -2.05. The van der Waals surface area contributed by atoms with Crippen molar-refractivity contribution in [3.05, 3.63) is 116 Å². The van der Waals surface area contributed by atoms with E-state index in [1.54, 1.807) is 24.3 Å². The summed E-state index contributed by atoms with van der Waals surface area (Å²) in [7, 11) is 0. The van der Waals surface area contributed by atoms with E-state index in [9.17, 15) is 15.4 Å². The maximum Gasteiger partial charge on any atom is 0.281 e. The van der Waals surface area contributed by atoms with Gasteiger partial charge in [0.15, 0.2) is 0 Å². The molecule has 0 aliphatic carbocycles. The number of hydrogen-bond acceptors (Lipinski definition) is 6. The lowest BCUT2D eigenvalue weighted by atomic mass is 9.97. The Labute approximate surface area is 227 Å². The first kappa shape index (κ1) is 24.9. The van der Waals surface area contributed by atoms with Crippen molar-refractivity contribution >= 4 is 33.7 Å². The molecule has 5 aromatic rings. The Hall–Kier alpha value is -4.74. The minimum atomic E-state index is -0.461. The molecule has 0 atom stereocenters. The van der Waals surface area contributed by atoms with Crippen LogP contribution in [-0.4, -0.2) is 11.1 Å². The normalized spacial score (nSPS) is 11.1. The van der Waals surface area contributed by atoms with E-state index < -0.39 is 4.92 Å². The molecule has 8 heteroatoms. The van der Waals surface area contributed by atoms with E-state index >= 15 is 0 Å². The minimum Gasteiger partial charge on any atom is -0.455 e. The van der Waals surface area contributed by atoms with E-state index in [0.29, 0.717) is 38.4 Å². The predicted octanol–water partition coefficient (Wildman–Crippen LogP) is 8.78. The molecule has 0 bridgehead atoms. The first-order valence-electron chi connectivity index (χ1n) is 11.6. The first-order valence-corrected chi connectivity index (χ1v) is 12.4. The maximum atomic E-state index is 11.5. The number of furan rings is 2. The molecule has 0 fully saturated rings. The number of nitrogens with zero attached hydrogens (tertiary/aromatic N) is 3. The Balaban J connectivity index is 1.57. The zero-order valence-electron chi connectivity index (χ0n) is 20.4. The van der Waals surface area contributed by atoms with E-state index in [4.69, 9.17) is 8.83 Å². The summed E-state index contributed by atoms with van der Waals surface area (Å²) in [6, 6.07) is 26.0. The summed E-state index contributed by atoms with van der Waals surface area (Å²) in [5, 5.41) is 21.6. The molecule has 0 spiro atoms. The molecule has 0 radical (unpaired) electrons. The highest BCUT2D eigenvalue weighted by Gasteiger charge is 2.23. The van der Waals surface area contributed by atoms with Crippen LogP contribution in [0.3, 0.4) is 0 Å². The van der Waals surface area contributed by atoms with Gasteiger partial charge in [0.1, 0.15) is 28.9 Å². The molecule has 186 valence electrons. The van der Waals surface area contributed by atoms with Gasteiger partial charge in [-0.15, -0.1) is 0 Å². The first-order chi connectivity index (χ1) is 18.3. The predicted molar refractivity (Wildman–Crippen MR) is 150 cm³/mol. The molecular formula is C30H20BrN3O4. The van der Waals surface area contributed by atoms with E-state index in [1.165, 1.54) is 12.3 Å². The highest BCUT2D eigenvalue weighted by Crippen LogP contribution is 2.43. The Bertz CT molecular complexity index is 1720. The maximum absolute atomic E-state index is 11.5. The van der Waals surface area contributed by atoms with Gasteiger partial charge in [-0.25, -0.2) is 4.99 Å². The monoisotopic (exact) mass is 565 g/mol. The molecule has 2 aromatic heterocycles. The average Bonchev–Trinajstić information content (AvgIpc) is 3.53. The van der Waals surface area contributed by atoms with E-state index in [-0.39, 0.29) is 11.6 Å². The zero-order chi connectivity index (χ0) is 26.8. The Morgan fingerprint density at radius 1 is 0.921 bits per heavy atom. The van der Waals surface area contributed by atoms with Gasteiger partial charge in [0, 0.05) is 21.7 Å². The zero-order valence-corrected chi connectivity index (χ0v) is 22.0.